The highest BCUT2D eigenvalue weighted by Gasteiger charge is 2.46. The van der Waals surface area contributed by atoms with Crippen molar-refractivity contribution in [2.24, 2.45) is 0 Å². The van der Waals surface area contributed by atoms with E-state index in [1.165, 1.54) is 93.5 Å². The SMILES string of the molecule is c1ccc(C2(c3ccccc3)c3ccccc3-c3ccc(-c4ccc5c6ccc(-c7ccccc7-c7ccc8oc9c(ccc%10c%11ccccc%11oc%109)c8c7)cc6c6ccccc6c5c4)cc32)cc1. The highest BCUT2D eigenvalue weighted by atomic mass is 16.4. The number of hydrogen-bond donors (Lipinski definition) is 0. The zero-order valence-corrected chi connectivity index (χ0v) is 37.4. The Morgan fingerprint density at radius 1 is 0.232 bits per heavy atom. The highest BCUT2D eigenvalue weighted by Crippen LogP contribution is 2.57. The lowest BCUT2D eigenvalue weighted by Crippen LogP contribution is -2.28. The summed E-state index contributed by atoms with van der Waals surface area (Å²) >= 11 is 0. The minimum absolute atomic E-state index is 0.454. The Kier molecular flexibility index (Phi) is 8.02. The van der Waals surface area contributed by atoms with Crippen LogP contribution in [-0.2, 0) is 5.41 Å². The van der Waals surface area contributed by atoms with Gasteiger partial charge in [0.1, 0.15) is 11.2 Å². The number of furan rings is 2. The molecule has 14 aromatic rings. The van der Waals surface area contributed by atoms with Crippen LogP contribution in [0.25, 0.3) is 121 Å². The summed E-state index contributed by atoms with van der Waals surface area (Å²) in [5.74, 6) is 0. The van der Waals surface area contributed by atoms with Crippen LogP contribution >= 0.6 is 0 Å². The molecular weight excluding hydrogens is 837 g/mol. The van der Waals surface area contributed by atoms with Crippen molar-refractivity contribution in [1.82, 2.24) is 0 Å². The van der Waals surface area contributed by atoms with Gasteiger partial charge in [-0.1, -0.05) is 194 Å². The molecule has 0 saturated carbocycles. The smallest absolute Gasteiger partial charge is 0.178 e. The maximum Gasteiger partial charge on any atom is 0.178 e. The van der Waals surface area contributed by atoms with Crippen LogP contribution in [0.4, 0.5) is 0 Å². The number of hydrogen-bond acceptors (Lipinski definition) is 2. The summed E-state index contributed by atoms with van der Waals surface area (Å²) in [5, 5.41) is 11.8. The second-order valence-electron chi connectivity index (χ2n) is 18.6. The quantitative estimate of drug-likeness (QED) is 0.161. The number of fused-ring (bicyclic) bond motifs is 16. The summed E-state index contributed by atoms with van der Waals surface area (Å²) in [7, 11) is 0. The predicted octanol–water partition coefficient (Wildman–Crippen LogP) is 18.3. The third-order valence-electron chi connectivity index (χ3n) is 15.2. The standard InChI is InChI=1S/C67H40O2/c1-3-15-45(16-4-1)67(46-17-5-2-6-18-46)61-25-13-11-23-53(61)54-33-28-42(40-62(54)67)41-27-31-51-52-32-29-43(38-59(52)50-22-10-9-21-49(50)58(51)37-41)47-19-7-8-20-48(47)44-30-36-64-60(39-44)57-35-34-56-55-24-12-14-26-63(55)68-65(56)66(57)69-64/h1-40H. The largest absolute Gasteiger partial charge is 0.452 e. The fraction of sp³-hybridized carbons (Fsp3) is 0.0149. The molecule has 0 spiro atoms. The molecule has 320 valence electrons. The van der Waals surface area contributed by atoms with E-state index in [1.807, 2.05) is 12.1 Å². The Morgan fingerprint density at radius 3 is 1.32 bits per heavy atom. The third-order valence-corrected chi connectivity index (χ3v) is 15.2. The van der Waals surface area contributed by atoms with E-state index in [1.54, 1.807) is 0 Å². The zero-order chi connectivity index (χ0) is 45.2. The van der Waals surface area contributed by atoms with Gasteiger partial charge in [0.2, 0.25) is 0 Å². The summed E-state index contributed by atoms with van der Waals surface area (Å²) in [5.41, 5.74) is 17.7. The van der Waals surface area contributed by atoms with Crippen LogP contribution in [0.1, 0.15) is 22.3 Å². The van der Waals surface area contributed by atoms with Gasteiger partial charge in [-0.15, -0.1) is 0 Å². The van der Waals surface area contributed by atoms with Crippen molar-refractivity contribution < 1.29 is 8.83 Å². The zero-order valence-electron chi connectivity index (χ0n) is 37.4. The van der Waals surface area contributed by atoms with Crippen LogP contribution in [-0.4, -0.2) is 0 Å². The minimum atomic E-state index is -0.454. The molecule has 2 nitrogen and oxygen atoms in total. The molecule has 12 aromatic carbocycles. The molecule has 69 heavy (non-hydrogen) atoms. The van der Waals surface area contributed by atoms with Gasteiger partial charge in [-0.3, -0.25) is 0 Å². The van der Waals surface area contributed by atoms with E-state index < -0.39 is 5.41 Å². The van der Waals surface area contributed by atoms with Crippen molar-refractivity contribution in [1.29, 1.82) is 0 Å². The summed E-state index contributed by atoms with van der Waals surface area (Å²) in [6, 6.07) is 89.2. The maximum atomic E-state index is 6.54. The van der Waals surface area contributed by atoms with E-state index in [-0.39, 0.29) is 0 Å². The summed E-state index contributed by atoms with van der Waals surface area (Å²) < 4.78 is 12.9. The van der Waals surface area contributed by atoms with Gasteiger partial charge in [0.15, 0.2) is 11.2 Å². The van der Waals surface area contributed by atoms with Crippen molar-refractivity contribution in [2.75, 3.05) is 0 Å². The molecule has 0 unspecified atom stereocenters. The maximum absolute atomic E-state index is 6.54. The minimum Gasteiger partial charge on any atom is -0.452 e. The summed E-state index contributed by atoms with van der Waals surface area (Å²) in [6.45, 7) is 0. The molecule has 0 N–H and O–H groups in total. The van der Waals surface area contributed by atoms with Crippen molar-refractivity contribution in [3.63, 3.8) is 0 Å². The molecule has 15 rings (SSSR count). The molecule has 0 atom stereocenters. The average molecular weight is 877 g/mol. The van der Waals surface area contributed by atoms with Crippen molar-refractivity contribution in [3.8, 4) is 44.5 Å². The Morgan fingerprint density at radius 2 is 0.652 bits per heavy atom. The van der Waals surface area contributed by atoms with E-state index in [2.05, 4.69) is 231 Å². The van der Waals surface area contributed by atoms with E-state index in [0.29, 0.717) is 0 Å². The Labute approximate surface area is 397 Å². The first-order chi connectivity index (χ1) is 34.2. The molecule has 1 aliphatic carbocycles. The van der Waals surface area contributed by atoms with Gasteiger partial charge < -0.3 is 8.83 Å². The van der Waals surface area contributed by atoms with Gasteiger partial charge >= 0.3 is 0 Å². The lowest BCUT2D eigenvalue weighted by Gasteiger charge is -2.34. The summed E-state index contributed by atoms with van der Waals surface area (Å²) in [6.07, 6.45) is 0. The van der Waals surface area contributed by atoms with E-state index in [0.717, 1.165) is 49.4 Å². The summed E-state index contributed by atoms with van der Waals surface area (Å²) in [4.78, 5) is 0. The lowest BCUT2D eigenvalue weighted by atomic mass is 9.67. The predicted molar refractivity (Wildman–Crippen MR) is 287 cm³/mol. The van der Waals surface area contributed by atoms with Crippen LogP contribution in [0.5, 0.6) is 0 Å². The van der Waals surface area contributed by atoms with Crippen LogP contribution < -0.4 is 0 Å². The number of benzene rings is 12. The number of rotatable bonds is 5. The molecule has 2 heteroatoms. The fourth-order valence-corrected chi connectivity index (χ4v) is 12.1. The molecule has 0 radical (unpaired) electrons. The Hall–Kier alpha value is -8.98. The monoisotopic (exact) mass is 876 g/mol. The molecule has 0 saturated heterocycles. The number of para-hydroxylation sites is 1. The highest BCUT2D eigenvalue weighted by molar-refractivity contribution is 6.26. The van der Waals surface area contributed by atoms with E-state index in [9.17, 15) is 0 Å². The molecule has 1 aliphatic rings. The van der Waals surface area contributed by atoms with Gasteiger partial charge in [0, 0.05) is 21.5 Å². The van der Waals surface area contributed by atoms with Gasteiger partial charge in [-0.2, -0.15) is 0 Å². The average Bonchev–Trinajstić information content (AvgIpc) is 4.09. The topological polar surface area (TPSA) is 26.3 Å². The lowest BCUT2D eigenvalue weighted by molar-refractivity contribution is 0.633. The molecule has 2 aromatic heterocycles. The Bertz CT molecular complexity index is 4360. The Balaban J connectivity index is 0.864. The van der Waals surface area contributed by atoms with E-state index >= 15 is 0 Å². The van der Waals surface area contributed by atoms with Crippen molar-refractivity contribution in [2.45, 2.75) is 5.41 Å². The first-order valence-electron chi connectivity index (χ1n) is 23.8. The van der Waals surface area contributed by atoms with Gasteiger partial charge in [0.05, 0.1) is 5.41 Å². The molecular formula is C67H40O2. The van der Waals surface area contributed by atoms with Gasteiger partial charge in [-0.25, -0.2) is 0 Å². The fourth-order valence-electron chi connectivity index (χ4n) is 12.1. The first-order valence-corrected chi connectivity index (χ1v) is 23.8. The molecule has 0 amide bonds. The van der Waals surface area contributed by atoms with Gasteiger partial charge in [-0.05, 0) is 148 Å². The third kappa shape index (κ3) is 5.43. The van der Waals surface area contributed by atoms with Crippen LogP contribution in [0, 0.1) is 0 Å². The van der Waals surface area contributed by atoms with E-state index in [4.69, 9.17) is 8.83 Å². The molecule has 2 heterocycles. The molecule has 0 aliphatic heterocycles. The van der Waals surface area contributed by atoms with Crippen LogP contribution in [0.2, 0.25) is 0 Å². The molecule has 0 fully saturated rings. The second kappa shape index (κ2) is 14.5. The normalized spacial score (nSPS) is 13.0. The van der Waals surface area contributed by atoms with Gasteiger partial charge in [0.25, 0.3) is 0 Å². The molecule has 0 bridgehead atoms. The first kappa shape index (κ1) is 38.2. The second-order valence-corrected chi connectivity index (χ2v) is 18.6. The van der Waals surface area contributed by atoms with Crippen LogP contribution in [0.15, 0.2) is 251 Å². The van der Waals surface area contributed by atoms with Crippen molar-refractivity contribution >= 4 is 76.2 Å². The van der Waals surface area contributed by atoms with Crippen molar-refractivity contribution in [3.05, 3.63) is 265 Å². The van der Waals surface area contributed by atoms with Crippen LogP contribution in [0.3, 0.4) is 0 Å².